The molecule has 0 aromatic heterocycles. The normalized spacial score (nSPS) is 17.1. The molecule has 1 heterocycles. The first kappa shape index (κ1) is 14.1. The molecule has 0 spiro atoms. The van der Waals surface area contributed by atoms with Gasteiger partial charge in [-0.3, -0.25) is 9.59 Å². The van der Waals surface area contributed by atoms with Crippen molar-refractivity contribution in [1.29, 1.82) is 0 Å². The Morgan fingerprint density at radius 3 is 3.00 bits per heavy atom. The van der Waals surface area contributed by atoms with Gasteiger partial charge in [0.2, 0.25) is 5.91 Å². The zero-order chi connectivity index (χ0) is 14.5. The number of carbonyl (C=O) groups is 2. The van der Waals surface area contributed by atoms with Crippen molar-refractivity contribution in [3.8, 4) is 11.8 Å². The number of rotatable bonds is 2. The van der Waals surface area contributed by atoms with Gasteiger partial charge in [0, 0.05) is 24.1 Å². The summed E-state index contributed by atoms with van der Waals surface area (Å²) >= 11 is 0. The number of aliphatic hydroxyl groups is 1. The van der Waals surface area contributed by atoms with Crippen LogP contribution in [0.2, 0.25) is 0 Å². The number of nitrogens with one attached hydrogen (secondary N) is 2. The van der Waals surface area contributed by atoms with Crippen molar-refractivity contribution < 1.29 is 14.7 Å². The number of hydrogen-bond acceptors (Lipinski definition) is 3. The van der Waals surface area contributed by atoms with E-state index in [-0.39, 0.29) is 24.5 Å². The molecule has 104 valence electrons. The summed E-state index contributed by atoms with van der Waals surface area (Å²) in [4.78, 5) is 23.2. The lowest BCUT2D eigenvalue weighted by atomic mass is 10.0. The third kappa shape index (κ3) is 3.37. The van der Waals surface area contributed by atoms with Crippen molar-refractivity contribution in [2.24, 2.45) is 0 Å². The molecule has 0 bridgehead atoms. The first-order valence-corrected chi connectivity index (χ1v) is 6.38. The van der Waals surface area contributed by atoms with E-state index in [1.54, 1.807) is 12.1 Å². The maximum Gasteiger partial charge on any atom is 0.251 e. The minimum atomic E-state index is -0.224. The minimum absolute atomic E-state index is 0.0475. The number of benzene rings is 1. The Balaban J connectivity index is 2.11. The van der Waals surface area contributed by atoms with Crippen LogP contribution in [0.5, 0.6) is 0 Å². The van der Waals surface area contributed by atoms with Crippen LogP contribution in [0.3, 0.4) is 0 Å². The lowest BCUT2D eigenvalue weighted by molar-refractivity contribution is -0.119. The predicted molar refractivity (Wildman–Crippen MR) is 74.0 cm³/mol. The molecule has 20 heavy (non-hydrogen) atoms. The molecule has 0 saturated carbocycles. The Bertz CT molecular complexity index is 599. The number of aliphatic hydroxyl groups excluding tert-OH is 1. The topological polar surface area (TPSA) is 78.4 Å². The summed E-state index contributed by atoms with van der Waals surface area (Å²) in [7, 11) is 0. The summed E-state index contributed by atoms with van der Waals surface area (Å²) < 4.78 is 0. The van der Waals surface area contributed by atoms with Crippen LogP contribution in [0, 0.1) is 18.8 Å². The lowest BCUT2D eigenvalue weighted by Gasteiger charge is -2.11. The molecular weight excluding hydrogens is 256 g/mol. The van der Waals surface area contributed by atoms with Gasteiger partial charge in [0.15, 0.2) is 0 Å². The Morgan fingerprint density at radius 1 is 1.55 bits per heavy atom. The van der Waals surface area contributed by atoms with Gasteiger partial charge >= 0.3 is 0 Å². The second kappa shape index (κ2) is 6.22. The molecule has 2 rings (SSSR count). The zero-order valence-electron chi connectivity index (χ0n) is 11.2. The van der Waals surface area contributed by atoms with Crippen LogP contribution in [-0.2, 0) is 4.79 Å². The van der Waals surface area contributed by atoms with Gasteiger partial charge in [-0.2, -0.15) is 0 Å². The van der Waals surface area contributed by atoms with Crippen molar-refractivity contribution in [3.05, 3.63) is 34.9 Å². The van der Waals surface area contributed by atoms with Crippen molar-refractivity contribution >= 4 is 11.8 Å². The van der Waals surface area contributed by atoms with E-state index in [1.165, 1.54) is 0 Å². The monoisotopic (exact) mass is 272 g/mol. The van der Waals surface area contributed by atoms with E-state index in [2.05, 4.69) is 22.5 Å². The zero-order valence-corrected chi connectivity index (χ0v) is 11.2. The van der Waals surface area contributed by atoms with Crippen LogP contribution in [0.15, 0.2) is 18.2 Å². The predicted octanol–water partition coefficient (Wildman–Crippen LogP) is -0.0429. The van der Waals surface area contributed by atoms with Crippen molar-refractivity contribution in [1.82, 2.24) is 10.6 Å². The van der Waals surface area contributed by atoms with Crippen molar-refractivity contribution in [2.45, 2.75) is 19.4 Å². The first-order valence-electron chi connectivity index (χ1n) is 6.38. The summed E-state index contributed by atoms with van der Waals surface area (Å²) in [5.41, 5.74) is 2.16. The second-order valence-corrected chi connectivity index (χ2v) is 4.67. The number of carbonyl (C=O) groups excluding carboxylic acids is 2. The summed E-state index contributed by atoms with van der Waals surface area (Å²) in [5.74, 6) is 5.11. The smallest absolute Gasteiger partial charge is 0.251 e. The average molecular weight is 272 g/mol. The summed E-state index contributed by atoms with van der Waals surface area (Å²) in [6, 6.07) is 5.06. The molecular formula is C15H16N2O3. The molecule has 5 heteroatoms. The quantitative estimate of drug-likeness (QED) is 0.661. The highest BCUT2D eigenvalue weighted by Crippen LogP contribution is 2.11. The Labute approximate surface area is 117 Å². The fraction of sp³-hybridized carbons (Fsp3) is 0.333. The maximum atomic E-state index is 12.1. The molecule has 0 aliphatic carbocycles. The van der Waals surface area contributed by atoms with Gasteiger partial charge in [-0.25, -0.2) is 0 Å². The van der Waals surface area contributed by atoms with Crippen LogP contribution in [-0.4, -0.2) is 36.1 Å². The fourth-order valence-electron chi connectivity index (χ4n) is 2.01. The van der Waals surface area contributed by atoms with Gasteiger partial charge in [-0.05, 0) is 24.6 Å². The first-order chi connectivity index (χ1) is 9.60. The van der Waals surface area contributed by atoms with E-state index >= 15 is 0 Å². The standard InChI is InChI=1S/C15H16N2O3/c1-10-4-5-12(7-11(10)3-2-6-18)15(20)17-13-8-14(19)16-9-13/h4-5,7,13,18H,6,8-9H2,1H3,(H,16,19)(H,17,20). The molecule has 5 nitrogen and oxygen atoms in total. The number of aryl methyl sites for hydroxylation is 1. The molecule has 1 aromatic carbocycles. The molecule has 1 aromatic rings. The van der Waals surface area contributed by atoms with Gasteiger partial charge < -0.3 is 15.7 Å². The summed E-state index contributed by atoms with van der Waals surface area (Å²) in [6.45, 7) is 2.14. The van der Waals surface area contributed by atoms with Crippen molar-refractivity contribution in [3.63, 3.8) is 0 Å². The van der Waals surface area contributed by atoms with E-state index in [0.29, 0.717) is 24.1 Å². The van der Waals surface area contributed by atoms with Gasteiger partial charge in [0.25, 0.3) is 5.91 Å². The molecule has 1 unspecified atom stereocenters. The maximum absolute atomic E-state index is 12.1. The van der Waals surface area contributed by atoms with Crippen LogP contribution in [0.4, 0.5) is 0 Å². The Morgan fingerprint density at radius 2 is 2.35 bits per heavy atom. The van der Waals surface area contributed by atoms with E-state index in [9.17, 15) is 9.59 Å². The van der Waals surface area contributed by atoms with Gasteiger partial charge in [-0.1, -0.05) is 17.9 Å². The summed E-state index contributed by atoms with van der Waals surface area (Å²) in [6.07, 6.45) is 0.314. The van der Waals surface area contributed by atoms with Crippen LogP contribution < -0.4 is 10.6 Å². The van der Waals surface area contributed by atoms with Gasteiger partial charge in [0.1, 0.15) is 6.61 Å². The molecule has 1 aliphatic rings. The van der Waals surface area contributed by atoms with Crippen molar-refractivity contribution in [2.75, 3.05) is 13.2 Å². The van der Waals surface area contributed by atoms with Gasteiger partial charge in [-0.15, -0.1) is 0 Å². The molecule has 1 fully saturated rings. The summed E-state index contributed by atoms with van der Waals surface area (Å²) in [5, 5.41) is 14.2. The largest absolute Gasteiger partial charge is 0.384 e. The SMILES string of the molecule is Cc1ccc(C(=O)NC2CNC(=O)C2)cc1C#CCO. The Hall–Kier alpha value is -2.32. The molecule has 2 amide bonds. The third-order valence-electron chi connectivity index (χ3n) is 3.11. The highest BCUT2D eigenvalue weighted by atomic mass is 16.2. The average Bonchev–Trinajstić information content (AvgIpc) is 2.83. The third-order valence-corrected chi connectivity index (χ3v) is 3.11. The van der Waals surface area contributed by atoms with E-state index in [1.807, 2.05) is 13.0 Å². The molecule has 1 atom stereocenters. The van der Waals surface area contributed by atoms with E-state index in [0.717, 1.165) is 5.56 Å². The fourth-order valence-corrected chi connectivity index (χ4v) is 2.01. The number of hydrogen-bond donors (Lipinski definition) is 3. The van der Waals surface area contributed by atoms with E-state index < -0.39 is 0 Å². The molecule has 1 saturated heterocycles. The number of amides is 2. The minimum Gasteiger partial charge on any atom is -0.384 e. The molecule has 3 N–H and O–H groups in total. The second-order valence-electron chi connectivity index (χ2n) is 4.67. The highest BCUT2D eigenvalue weighted by Gasteiger charge is 2.23. The van der Waals surface area contributed by atoms with Crippen LogP contribution in [0.25, 0.3) is 0 Å². The Kier molecular flexibility index (Phi) is 4.38. The molecule has 0 radical (unpaired) electrons. The highest BCUT2D eigenvalue weighted by molar-refractivity contribution is 5.95. The lowest BCUT2D eigenvalue weighted by Crippen LogP contribution is -2.36. The van der Waals surface area contributed by atoms with Crippen LogP contribution >= 0.6 is 0 Å². The van der Waals surface area contributed by atoms with Crippen LogP contribution in [0.1, 0.15) is 27.9 Å². The molecule has 1 aliphatic heterocycles. The van der Waals surface area contributed by atoms with Gasteiger partial charge in [0.05, 0.1) is 6.04 Å². The van der Waals surface area contributed by atoms with E-state index in [4.69, 9.17) is 5.11 Å².